The molecule has 0 unspecified atom stereocenters. The van der Waals surface area contributed by atoms with Crippen LogP contribution in [0.1, 0.15) is 36.8 Å². The van der Waals surface area contributed by atoms with E-state index >= 15 is 0 Å². The van der Waals surface area contributed by atoms with Gasteiger partial charge in [-0.3, -0.25) is 9.88 Å². The second kappa shape index (κ2) is 5.11. The van der Waals surface area contributed by atoms with Crippen LogP contribution in [0.15, 0.2) is 12.3 Å². The van der Waals surface area contributed by atoms with E-state index < -0.39 is 17.7 Å². The Bertz CT molecular complexity index is 549. The molecule has 108 valence electrons. The first kappa shape index (κ1) is 14.3. The summed E-state index contributed by atoms with van der Waals surface area (Å²) in [6.07, 6.45) is 1.68. The van der Waals surface area contributed by atoms with E-state index in [0.717, 1.165) is 5.69 Å². The number of carbonyl (C=O) groups is 2. The summed E-state index contributed by atoms with van der Waals surface area (Å²) in [5.74, 6) is -0.476. The Balaban J connectivity index is 2.27. The van der Waals surface area contributed by atoms with Crippen LogP contribution in [0.2, 0.25) is 0 Å². The Kier molecular flexibility index (Phi) is 3.65. The first-order valence-electron chi connectivity index (χ1n) is 6.39. The molecule has 1 amide bonds. The van der Waals surface area contributed by atoms with Crippen LogP contribution in [0.5, 0.6) is 0 Å². The molecule has 20 heavy (non-hydrogen) atoms. The number of hydrogen-bond donors (Lipinski definition) is 0. The topological polar surface area (TPSA) is 68.7 Å². The Morgan fingerprint density at radius 1 is 1.35 bits per heavy atom. The van der Waals surface area contributed by atoms with Crippen LogP contribution in [0.3, 0.4) is 0 Å². The van der Waals surface area contributed by atoms with Crippen LogP contribution in [0, 0.1) is 0 Å². The van der Waals surface area contributed by atoms with E-state index in [1.807, 2.05) is 20.8 Å². The maximum absolute atomic E-state index is 12.1. The van der Waals surface area contributed by atoms with Gasteiger partial charge in [0.15, 0.2) is 0 Å². The van der Waals surface area contributed by atoms with Crippen molar-refractivity contribution in [2.75, 3.05) is 18.6 Å². The third-order valence-corrected chi connectivity index (χ3v) is 2.85. The highest BCUT2D eigenvalue weighted by Gasteiger charge is 2.30. The number of hydrogen-bond acceptors (Lipinski definition) is 5. The Labute approximate surface area is 117 Å². The van der Waals surface area contributed by atoms with E-state index in [9.17, 15) is 9.59 Å². The minimum absolute atomic E-state index is 0.321. The summed E-state index contributed by atoms with van der Waals surface area (Å²) in [6.45, 7) is 5.93. The molecule has 1 aromatic rings. The third-order valence-electron chi connectivity index (χ3n) is 2.85. The van der Waals surface area contributed by atoms with Gasteiger partial charge in [0.2, 0.25) is 0 Å². The fourth-order valence-electron chi connectivity index (χ4n) is 1.98. The smallest absolute Gasteiger partial charge is 0.414 e. The van der Waals surface area contributed by atoms with Gasteiger partial charge in [0, 0.05) is 19.2 Å². The summed E-state index contributed by atoms with van der Waals surface area (Å²) in [5, 5.41) is 0. The Morgan fingerprint density at radius 3 is 2.65 bits per heavy atom. The average molecular weight is 278 g/mol. The number of esters is 1. The maximum atomic E-state index is 12.1. The van der Waals surface area contributed by atoms with Gasteiger partial charge in [0.1, 0.15) is 5.60 Å². The lowest BCUT2D eigenvalue weighted by Gasteiger charge is -2.24. The number of aromatic nitrogens is 1. The molecule has 0 aromatic carbocycles. The molecule has 6 heteroatoms. The molecule has 0 radical (unpaired) electrons. The highest BCUT2D eigenvalue weighted by Crippen LogP contribution is 2.28. The van der Waals surface area contributed by atoms with Crippen molar-refractivity contribution in [1.82, 2.24) is 4.98 Å². The number of nitrogens with zero attached hydrogens (tertiary/aromatic N) is 2. The lowest BCUT2D eigenvalue weighted by Crippen LogP contribution is -2.35. The van der Waals surface area contributed by atoms with Gasteiger partial charge in [-0.2, -0.15) is 0 Å². The quantitative estimate of drug-likeness (QED) is 0.736. The van der Waals surface area contributed by atoms with Gasteiger partial charge >= 0.3 is 12.1 Å². The number of amides is 1. The van der Waals surface area contributed by atoms with Crippen molar-refractivity contribution in [2.45, 2.75) is 32.8 Å². The Morgan fingerprint density at radius 2 is 2.05 bits per heavy atom. The zero-order chi connectivity index (χ0) is 14.9. The number of fused-ring (bicyclic) bond motifs is 1. The molecular formula is C14H18N2O4. The maximum Gasteiger partial charge on any atom is 0.414 e. The zero-order valence-electron chi connectivity index (χ0n) is 12.1. The van der Waals surface area contributed by atoms with E-state index in [-0.39, 0.29) is 0 Å². The third kappa shape index (κ3) is 2.89. The average Bonchev–Trinajstić information content (AvgIpc) is 2.78. The molecule has 0 spiro atoms. The van der Waals surface area contributed by atoms with Crippen molar-refractivity contribution in [2.24, 2.45) is 0 Å². The molecule has 2 heterocycles. The summed E-state index contributed by atoms with van der Waals surface area (Å²) >= 11 is 0. The highest BCUT2D eigenvalue weighted by molar-refractivity contribution is 5.94. The van der Waals surface area contributed by atoms with Gasteiger partial charge in [-0.1, -0.05) is 0 Å². The van der Waals surface area contributed by atoms with E-state index in [1.165, 1.54) is 18.2 Å². The molecule has 0 aliphatic carbocycles. The van der Waals surface area contributed by atoms with Gasteiger partial charge in [-0.25, -0.2) is 9.59 Å². The SMILES string of the molecule is COC(=O)c1cnc2c(c1)N(C(=O)OC(C)(C)C)CC2. The normalized spacial score (nSPS) is 13.9. The van der Waals surface area contributed by atoms with Crippen LogP contribution in [0.25, 0.3) is 0 Å². The Hall–Kier alpha value is -2.11. The number of ether oxygens (including phenoxy) is 2. The largest absolute Gasteiger partial charge is 0.465 e. The number of anilines is 1. The van der Waals surface area contributed by atoms with E-state index in [2.05, 4.69) is 9.72 Å². The molecule has 6 nitrogen and oxygen atoms in total. The van der Waals surface area contributed by atoms with Gasteiger partial charge in [0.25, 0.3) is 0 Å². The van der Waals surface area contributed by atoms with Crippen molar-refractivity contribution in [3.63, 3.8) is 0 Å². The van der Waals surface area contributed by atoms with Crippen molar-refractivity contribution in [3.05, 3.63) is 23.5 Å². The van der Waals surface area contributed by atoms with Crippen LogP contribution in [-0.4, -0.2) is 36.3 Å². The van der Waals surface area contributed by atoms with Gasteiger partial charge in [0.05, 0.1) is 24.1 Å². The molecule has 0 saturated heterocycles. The molecule has 1 aromatic heterocycles. The van der Waals surface area contributed by atoms with E-state index in [4.69, 9.17) is 4.74 Å². The number of methoxy groups -OCH3 is 1. The molecule has 0 saturated carbocycles. The first-order valence-corrected chi connectivity index (χ1v) is 6.39. The number of pyridine rings is 1. The predicted molar refractivity (Wildman–Crippen MR) is 72.9 cm³/mol. The van der Waals surface area contributed by atoms with Gasteiger partial charge < -0.3 is 9.47 Å². The minimum Gasteiger partial charge on any atom is -0.465 e. The molecule has 1 aliphatic heterocycles. The van der Waals surface area contributed by atoms with Gasteiger partial charge in [-0.15, -0.1) is 0 Å². The molecule has 2 rings (SSSR count). The molecular weight excluding hydrogens is 260 g/mol. The summed E-state index contributed by atoms with van der Waals surface area (Å²) in [6, 6.07) is 1.62. The summed E-state index contributed by atoms with van der Waals surface area (Å²) in [5.41, 5.74) is 1.15. The van der Waals surface area contributed by atoms with Crippen LogP contribution in [0.4, 0.5) is 10.5 Å². The van der Waals surface area contributed by atoms with Crippen molar-refractivity contribution >= 4 is 17.7 Å². The van der Waals surface area contributed by atoms with Crippen molar-refractivity contribution < 1.29 is 19.1 Å². The van der Waals surface area contributed by atoms with Crippen LogP contribution in [-0.2, 0) is 15.9 Å². The van der Waals surface area contributed by atoms with E-state index in [1.54, 1.807) is 6.07 Å². The molecule has 1 aliphatic rings. The zero-order valence-corrected chi connectivity index (χ0v) is 12.1. The fourth-order valence-corrected chi connectivity index (χ4v) is 1.98. The summed E-state index contributed by atoms with van der Waals surface area (Å²) < 4.78 is 10.0. The van der Waals surface area contributed by atoms with E-state index in [0.29, 0.717) is 24.2 Å². The second-order valence-corrected chi connectivity index (χ2v) is 5.56. The predicted octanol–water partition coefficient (Wildman–Crippen LogP) is 2.17. The highest BCUT2D eigenvalue weighted by atomic mass is 16.6. The number of carbonyl (C=O) groups excluding carboxylic acids is 2. The molecule has 0 fully saturated rings. The second-order valence-electron chi connectivity index (χ2n) is 5.56. The number of rotatable bonds is 1. The molecule has 0 bridgehead atoms. The summed E-state index contributed by atoms with van der Waals surface area (Å²) in [4.78, 5) is 29.4. The fraction of sp³-hybridized carbons (Fsp3) is 0.500. The standard InChI is InChI=1S/C14H18N2O4/c1-14(2,3)20-13(18)16-6-5-10-11(16)7-9(8-15-10)12(17)19-4/h7-8H,5-6H2,1-4H3. The minimum atomic E-state index is -0.562. The molecule has 0 atom stereocenters. The van der Waals surface area contributed by atoms with Crippen LogP contribution >= 0.6 is 0 Å². The molecule has 0 N–H and O–H groups in total. The van der Waals surface area contributed by atoms with Gasteiger partial charge in [-0.05, 0) is 26.8 Å². The lowest BCUT2D eigenvalue weighted by atomic mass is 10.2. The van der Waals surface area contributed by atoms with Crippen molar-refractivity contribution in [3.8, 4) is 0 Å². The monoisotopic (exact) mass is 278 g/mol. The lowest BCUT2D eigenvalue weighted by molar-refractivity contribution is 0.0576. The summed E-state index contributed by atoms with van der Waals surface area (Å²) in [7, 11) is 1.31. The van der Waals surface area contributed by atoms with Crippen LogP contribution < -0.4 is 4.90 Å². The van der Waals surface area contributed by atoms with Crippen molar-refractivity contribution in [1.29, 1.82) is 0 Å². The first-order chi connectivity index (χ1) is 9.31.